The van der Waals surface area contributed by atoms with Crippen molar-refractivity contribution in [2.45, 2.75) is 32.6 Å². The van der Waals surface area contributed by atoms with Gasteiger partial charge in [0.25, 0.3) is 0 Å². The molecule has 2 aliphatic rings. The number of hydrogen-bond donors (Lipinski definition) is 2. The van der Waals surface area contributed by atoms with Crippen LogP contribution in [0.5, 0.6) is 0 Å². The van der Waals surface area contributed by atoms with Gasteiger partial charge in [0.15, 0.2) is 0 Å². The summed E-state index contributed by atoms with van der Waals surface area (Å²) in [6, 6.07) is 6.07. The van der Waals surface area contributed by atoms with Gasteiger partial charge in [-0.15, -0.1) is 0 Å². The third-order valence-electron chi connectivity index (χ3n) is 5.74. The van der Waals surface area contributed by atoms with Gasteiger partial charge < -0.3 is 25.2 Å². The van der Waals surface area contributed by atoms with E-state index in [2.05, 4.69) is 33.4 Å². The predicted molar refractivity (Wildman–Crippen MR) is 111 cm³/mol. The first-order valence-corrected chi connectivity index (χ1v) is 10.3. The molecule has 150 valence electrons. The van der Waals surface area contributed by atoms with Gasteiger partial charge in [0.1, 0.15) is 0 Å². The van der Waals surface area contributed by atoms with Crippen molar-refractivity contribution >= 4 is 17.4 Å². The third-order valence-corrected chi connectivity index (χ3v) is 5.74. The summed E-state index contributed by atoms with van der Waals surface area (Å²) < 4.78 is 5.12. The van der Waals surface area contributed by atoms with E-state index in [1.54, 1.807) is 7.11 Å². The molecule has 0 aliphatic carbocycles. The van der Waals surface area contributed by atoms with Gasteiger partial charge in [-0.25, -0.2) is 4.79 Å². The standard InChI is InChI=1S/C21H34N4O2/c1-17-19(7-5-8-20(17)25-11-3-4-12-25)23-21(26)22-15-18-9-13-24(16-18)10-6-14-27-2/h5,7-8,18H,3-4,6,9-16H2,1-2H3,(H2,22,23,26)/t18-/m0/s1. The molecular formula is C21H34N4O2. The van der Waals surface area contributed by atoms with Crippen LogP contribution in [0.15, 0.2) is 18.2 Å². The van der Waals surface area contributed by atoms with E-state index in [9.17, 15) is 4.79 Å². The molecule has 1 atom stereocenters. The number of likely N-dealkylation sites (tertiary alicyclic amines) is 1. The molecule has 0 saturated carbocycles. The Balaban J connectivity index is 1.44. The summed E-state index contributed by atoms with van der Waals surface area (Å²) in [4.78, 5) is 17.3. The lowest BCUT2D eigenvalue weighted by Gasteiger charge is -2.22. The zero-order chi connectivity index (χ0) is 19.1. The van der Waals surface area contributed by atoms with Gasteiger partial charge in [-0.2, -0.15) is 0 Å². The molecule has 0 spiro atoms. The number of benzene rings is 1. The number of urea groups is 1. The molecule has 6 heteroatoms. The second-order valence-corrected chi connectivity index (χ2v) is 7.78. The largest absolute Gasteiger partial charge is 0.385 e. The Morgan fingerprint density at radius 1 is 1.26 bits per heavy atom. The fraction of sp³-hybridized carbons (Fsp3) is 0.667. The van der Waals surface area contributed by atoms with E-state index in [4.69, 9.17) is 4.74 Å². The lowest BCUT2D eigenvalue weighted by molar-refractivity contribution is 0.178. The smallest absolute Gasteiger partial charge is 0.319 e. The number of methoxy groups -OCH3 is 1. The average molecular weight is 375 g/mol. The van der Waals surface area contributed by atoms with E-state index < -0.39 is 0 Å². The maximum Gasteiger partial charge on any atom is 0.319 e. The average Bonchev–Trinajstić information content (AvgIpc) is 3.34. The van der Waals surface area contributed by atoms with Crippen LogP contribution in [-0.4, -0.2) is 63.9 Å². The Morgan fingerprint density at radius 3 is 2.85 bits per heavy atom. The highest BCUT2D eigenvalue weighted by Crippen LogP contribution is 2.29. The van der Waals surface area contributed by atoms with E-state index in [1.807, 2.05) is 12.1 Å². The molecule has 6 nitrogen and oxygen atoms in total. The van der Waals surface area contributed by atoms with Crippen molar-refractivity contribution in [2.24, 2.45) is 5.92 Å². The number of ether oxygens (including phenoxy) is 1. The zero-order valence-corrected chi connectivity index (χ0v) is 16.8. The van der Waals surface area contributed by atoms with Crippen molar-refractivity contribution in [3.8, 4) is 0 Å². The first-order chi connectivity index (χ1) is 13.2. The highest BCUT2D eigenvalue weighted by Gasteiger charge is 2.22. The Morgan fingerprint density at radius 2 is 2.07 bits per heavy atom. The maximum absolute atomic E-state index is 12.4. The SMILES string of the molecule is COCCCN1CC[C@@H](CNC(=O)Nc2cccc(N3CCCC3)c2C)C1. The Bertz CT molecular complexity index is 616. The number of amides is 2. The fourth-order valence-corrected chi connectivity index (χ4v) is 4.18. The highest BCUT2D eigenvalue weighted by molar-refractivity contribution is 5.91. The summed E-state index contributed by atoms with van der Waals surface area (Å²) in [5.41, 5.74) is 3.30. The van der Waals surface area contributed by atoms with Crippen molar-refractivity contribution in [3.63, 3.8) is 0 Å². The van der Waals surface area contributed by atoms with Gasteiger partial charge in [0, 0.05) is 57.8 Å². The van der Waals surface area contributed by atoms with Crippen molar-refractivity contribution in [1.29, 1.82) is 0 Å². The summed E-state index contributed by atoms with van der Waals surface area (Å²) >= 11 is 0. The number of hydrogen-bond acceptors (Lipinski definition) is 4. The van der Waals surface area contributed by atoms with Crippen molar-refractivity contribution < 1.29 is 9.53 Å². The second-order valence-electron chi connectivity index (χ2n) is 7.78. The number of carbonyl (C=O) groups excluding carboxylic acids is 1. The molecule has 3 rings (SSSR count). The van der Waals surface area contributed by atoms with Crippen LogP contribution in [0.4, 0.5) is 16.2 Å². The molecule has 1 aromatic rings. The summed E-state index contributed by atoms with van der Waals surface area (Å²) in [6.07, 6.45) is 4.73. The second kappa shape index (κ2) is 9.95. The molecule has 2 aliphatic heterocycles. The van der Waals surface area contributed by atoms with Crippen LogP contribution < -0.4 is 15.5 Å². The zero-order valence-electron chi connectivity index (χ0n) is 16.8. The predicted octanol–water partition coefficient (Wildman–Crippen LogP) is 3.08. The number of rotatable bonds is 8. The van der Waals surface area contributed by atoms with Crippen LogP contribution in [0, 0.1) is 12.8 Å². The number of anilines is 2. The Hall–Kier alpha value is -1.79. The number of carbonyl (C=O) groups is 1. The van der Waals surface area contributed by atoms with E-state index in [-0.39, 0.29) is 6.03 Å². The fourth-order valence-electron chi connectivity index (χ4n) is 4.18. The molecule has 2 amide bonds. The van der Waals surface area contributed by atoms with Crippen LogP contribution in [0.2, 0.25) is 0 Å². The van der Waals surface area contributed by atoms with Crippen molar-refractivity contribution in [3.05, 3.63) is 23.8 Å². The summed E-state index contributed by atoms with van der Waals surface area (Å²) in [7, 11) is 1.75. The normalized spacial score (nSPS) is 20.2. The van der Waals surface area contributed by atoms with Crippen LogP contribution in [0.3, 0.4) is 0 Å². The first-order valence-electron chi connectivity index (χ1n) is 10.3. The van der Waals surface area contributed by atoms with Crippen molar-refractivity contribution in [1.82, 2.24) is 10.2 Å². The summed E-state index contributed by atoms with van der Waals surface area (Å²) in [6.45, 7) is 9.13. The minimum absolute atomic E-state index is 0.102. The molecule has 0 radical (unpaired) electrons. The summed E-state index contributed by atoms with van der Waals surface area (Å²) in [5.74, 6) is 0.537. The van der Waals surface area contributed by atoms with Crippen LogP contribution >= 0.6 is 0 Å². The Labute approximate surface area is 163 Å². The molecule has 2 fully saturated rings. The van der Waals surface area contributed by atoms with E-state index in [0.717, 1.165) is 70.0 Å². The molecule has 0 unspecified atom stereocenters. The Kier molecular flexibility index (Phi) is 7.35. The highest BCUT2D eigenvalue weighted by atomic mass is 16.5. The summed E-state index contributed by atoms with van der Waals surface area (Å²) in [5, 5.41) is 6.11. The third kappa shape index (κ3) is 5.59. The lowest BCUT2D eigenvalue weighted by Crippen LogP contribution is -2.34. The van der Waals surface area contributed by atoms with Gasteiger partial charge in [0.05, 0.1) is 0 Å². The quantitative estimate of drug-likeness (QED) is 0.687. The van der Waals surface area contributed by atoms with E-state index >= 15 is 0 Å². The molecule has 2 N–H and O–H groups in total. The van der Waals surface area contributed by atoms with Crippen LogP contribution in [0.25, 0.3) is 0 Å². The molecule has 1 aromatic carbocycles. The first kappa shape index (κ1) is 20.0. The van der Waals surface area contributed by atoms with Crippen LogP contribution in [0.1, 0.15) is 31.2 Å². The lowest BCUT2D eigenvalue weighted by atomic mass is 10.1. The molecule has 2 saturated heterocycles. The van der Waals surface area contributed by atoms with Gasteiger partial charge in [-0.1, -0.05) is 6.07 Å². The minimum atomic E-state index is -0.102. The van der Waals surface area contributed by atoms with Crippen molar-refractivity contribution in [2.75, 3.05) is 63.2 Å². The maximum atomic E-state index is 12.4. The molecule has 2 heterocycles. The van der Waals surface area contributed by atoms with Gasteiger partial charge in [0.2, 0.25) is 0 Å². The molecule has 0 bridgehead atoms. The van der Waals surface area contributed by atoms with E-state index in [0.29, 0.717) is 5.92 Å². The molecule has 0 aromatic heterocycles. The van der Waals surface area contributed by atoms with Gasteiger partial charge in [-0.3, -0.25) is 0 Å². The topological polar surface area (TPSA) is 56.8 Å². The molecule has 27 heavy (non-hydrogen) atoms. The molecular weight excluding hydrogens is 340 g/mol. The number of nitrogens with zero attached hydrogens (tertiary/aromatic N) is 2. The number of nitrogens with one attached hydrogen (secondary N) is 2. The van der Waals surface area contributed by atoms with E-state index in [1.165, 1.54) is 18.5 Å². The van der Waals surface area contributed by atoms with Crippen LogP contribution in [-0.2, 0) is 4.74 Å². The minimum Gasteiger partial charge on any atom is -0.385 e. The monoisotopic (exact) mass is 374 g/mol. The van der Waals surface area contributed by atoms with Gasteiger partial charge >= 0.3 is 6.03 Å². The van der Waals surface area contributed by atoms with Gasteiger partial charge in [-0.05, 0) is 62.8 Å².